The van der Waals surface area contributed by atoms with Crippen molar-refractivity contribution in [2.45, 2.75) is 32.9 Å². The predicted molar refractivity (Wildman–Crippen MR) is 124 cm³/mol. The number of hydrogen-bond donors (Lipinski definition) is 1. The number of halogens is 3. The van der Waals surface area contributed by atoms with Gasteiger partial charge in [-0.1, -0.05) is 36.2 Å². The number of carbonyl (C=O) groups excluding carboxylic acids is 2. The van der Waals surface area contributed by atoms with Crippen molar-refractivity contribution in [1.82, 2.24) is 10.2 Å². The highest BCUT2D eigenvalue weighted by Gasteiger charge is 2.27. The highest BCUT2D eigenvalue weighted by atomic mass is 127. The van der Waals surface area contributed by atoms with Crippen molar-refractivity contribution in [1.29, 1.82) is 0 Å². The molecule has 0 saturated carbocycles. The zero-order valence-electron chi connectivity index (χ0n) is 16.3. The fourth-order valence-corrected chi connectivity index (χ4v) is 3.40. The van der Waals surface area contributed by atoms with Crippen molar-refractivity contribution in [3.8, 4) is 5.75 Å². The molecular weight excluding hydrogens is 526 g/mol. The van der Waals surface area contributed by atoms with E-state index >= 15 is 0 Å². The molecule has 0 saturated heterocycles. The molecule has 29 heavy (non-hydrogen) atoms. The highest BCUT2D eigenvalue weighted by Crippen LogP contribution is 2.23. The zero-order chi connectivity index (χ0) is 21.4. The van der Waals surface area contributed by atoms with Crippen LogP contribution in [0.5, 0.6) is 5.75 Å². The summed E-state index contributed by atoms with van der Waals surface area (Å²) in [7, 11) is 0. The maximum atomic E-state index is 12.9. The van der Waals surface area contributed by atoms with E-state index in [2.05, 4.69) is 27.9 Å². The van der Waals surface area contributed by atoms with E-state index in [-0.39, 0.29) is 25.0 Å². The third-order valence-corrected chi connectivity index (χ3v) is 5.55. The van der Waals surface area contributed by atoms with Gasteiger partial charge >= 0.3 is 0 Å². The molecule has 0 fully saturated rings. The third-order valence-electron chi connectivity index (χ3n) is 4.25. The molecule has 0 aliphatic carbocycles. The van der Waals surface area contributed by atoms with Crippen LogP contribution in [0.2, 0.25) is 10.0 Å². The summed E-state index contributed by atoms with van der Waals surface area (Å²) in [4.78, 5) is 26.9. The molecule has 0 radical (unpaired) electrons. The molecule has 0 spiro atoms. The number of carbonyl (C=O) groups is 2. The van der Waals surface area contributed by atoms with Gasteiger partial charge in [0.15, 0.2) is 6.61 Å². The summed E-state index contributed by atoms with van der Waals surface area (Å²) in [5.41, 5.74) is 0.703. The first-order chi connectivity index (χ1) is 13.8. The smallest absolute Gasteiger partial charge is 0.261 e. The summed E-state index contributed by atoms with van der Waals surface area (Å²) < 4.78 is 6.69. The van der Waals surface area contributed by atoms with E-state index in [1.165, 1.54) is 4.90 Å². The average molecular weight is 549 g/mol. The van der Waals surface area contributed by atoms with Crippen LogP contribution in [0, 0.1) is 3.57 Å². The maximum absolute atomic E-state index is 12.9. The fraction of sp³-hybridized carbons (Fsp3) is 0.333. The van der Waals surface area contributed by atoms with Gasteiger partial charge in [0.2, 0.25) is 5.91 Å². The Morgan fingerprint density at radius 3 is 2.48 bits per heavy atom. The first-order valence-electron chi connectivity index (χ1n) is 9.21. The lowest BCUT2D eigenvalue weighted by Gasteiger charge is -2.29. The molecule has 1 N–H and O–H groups in total. The largest absolute Gasteiger partial charge is 0.484 e. The van der Waals surface area contributed by atoms with Crippen LogP contribution in [0.3, 0.4) is 0 Å². The average Bonchev–Trinajstić information content (AvgIpc) is 2.70. The van der Waals surface area contributed by atoms with Crippen molar-refractivity contribution in [2.24, 2.45) is 0 Å². The van der Waals surface area contributed by atoms with E-state index in [9.17, 15) is 9.59 Å². The first-order valence-corrected chi connectivity index (χ1v) is 11.0. The molecule has 5 nitrogen and oxygen atoms in total. The summed E-state index contributed by atoms with van der Waals surface area (Å²) in [6.07, 6.45) is 0.811. The van der Waals surface area contributed by atoms with Gasteiger partial charge in [-0.2, -0.15) is 0 Å². The Labute approximate surface area is 194 Å². The van der Waals surface area contributed by atoms with Crippen LogP contribution in [0.1, 0.15) is 25.8 Å². The molecule has 2 rings (SSSR count). The lowest BCUT2D eigenvalue weighted by molar-refractivity contribution is -0.142. The quantitative estimate of drug-likeness (QED) is 0.452. The molecule has 0 aromatic heterocycles. The van der Waals surface area contributed by atoms with Gasteiger partial charge in [0.05, 0.1) is 0 Å². The van der Waals surface area contributed by atoms with Gasteiger partial charge in [0, 0.05) is 26.7 Å². The second-order valence-electron chi connectivity index (χ2n) is 6.47. The van der Waals surface area contributed by atoms with Gasteiger partial charge in [0.1, 0.15) is 11.8 Å². The Kier molecular flexibility index (Phi) is 9.52. The molecule has 0 aliphatic rings. The zero-order valence-corrected chi connectivity index (χ0v) is 19.9. The van der Waals surface area contributed by atoms with E-state index in [1.807, 2.05) is 19.1 Å². The number of benzene rings is 2. The van der Waals surface area contributed by atoms with Gasteiger partial charge in [-0.05, 0) is 77.9 Å². The summed E-state index contributed by atoms with van der Waals surface area (Å²) >= 11 is 14.4. The molecule has 0 unspecified atom stereocenters. The fourth-order valence-electron chi connectivity index (χ4n) is 2.57. The molecule has 2 aromatic rings. The topological polar surface area (TPSA) is 58.6 Å². The number of nitrogens with zero attached hydrogens (tertiary/aromatic N) is 1. The molecule has 0 heterocycles. The van der Waals surface area contributed by atoms with E-state index < -0.39 is 6.04 Å². The number of amides is 2. The monoisotopic (exact) mass is 548 g/mol. The minimum Gasteiger partial charge on any atom is -0.484 e. The van der Waals surface area contributed by atoms with E-state index in [0.29, 0.717) is 27.9 Å². The Balaban J connectivity index is 2.16. The number of rotatable bonds is 9. The van der Waals surface area contributed by atoms with Crippen LogP contribution < -0.4 is 10.1 Å². The molecule has 0 aliphatic heterocycles. The predicted octanol–water partition coefficient (Wildman–Crippen LogP) is 4.92. The summed E-state index contributed by atoms with van der Waals surface area (Å²) in [6.45, 7) is 4.20. The van der Waals surface area contributed by atoms with Crippen LogP contribution in [0.25, 0.3) is 0 Å². The third kappa shape index (κ3) is 7.35. The van der Waals surface area contributed by atoms with Crippen LogP contribution in [-0.4, -0.2) is 35.9 Å². The summed E-state index contributed by atoms with van der Waals surface area (Å²) in [5, 5.41) is 3.78. The van der Waals surface area contributed by atoms with Gasteiger partial charge in [0.25, 0.3) is 5.91 Å². The molecular formula is C21H23Cl2IN2O3. The second-order valence-corrected chi connectivity index (χ2v) is 8.56. The second kappa shape index (κ2) is 11.6. The van der Waals surface area contributed by atoms with Crippen LogP contribution in [-0.2, 0) is 16.1 Å². The number of ether oxygens (including phenoxy) is 1. The minimum atomic E-state index is -0.680. The molecule has 8 heteroatoms. The highest BCUT2D eigenvalue weighted by molar-refractivity contribution is 14.1. The van der Waals surface area contributed by atoms with Crippen LogP contribution in [0.15, 0.2) is 42.5 Å². The van der Waals surface area contributed by atoms with Crippen molar-refractivity contribution in [3.05, 3.63) is 61.6 Å². The molecule has 0 bridgehead atoms. The Hall–Kier alpha value is -1.51. The van der Waals surface area contributed by atoms with E-state index in [0.717, 1.165) is 9.99 Å². The molecule has 1 atom stereocenters. The van der Waals surface area contributed by atoms with Gasteiger partial charge in [-0.25, -0.2) is 0 Å². The van der Waals surface area contributed by atoms with Crippen molar-refractivity contribution in [2.75, 3.05) is 13.2 Å². The number of nitrogens with one attached hydrogen (secondary N) is 1. The summed E-state index contributed by atoms with van der Waals surface area (Å²) in [5.74, 6) is 0.0552. The Morgan fingerprint density at radius 1 is 1.17 bits per heavy atom. The normalized spacial score (nSPS) is 11.6. The minimum absolute atomic E-state index is 0.172. The number of hydrogen-bond acceptors (Lipinski definition) is 3. The van der Waals surface area contributed by atoms with Crippen molar-refractivity contribution < 1.29 is 14.3 Å². The van der Waals surface area contributed by atoms with Crippen LogP contribution >= 0.6 is 45.8 Å². The first kappa shape index (κ1) is 23.8. The van der Waals surface area contributed by atoms with Crippen molar-refractivity contribution in [3.63, 3.8) is 0 Å². The molecule has 2 amide bonds. The lowest BCUT2D eigenvalue weighted by Crippen LogP contribution is -2.49. The van der Waals surface area contributed by atoms with Gasteiger partial charge in [-0.3, -0.25) is 9.59 Å². The Bertz CT molecular complexity index is 846. The molecule has 2 aromatic carbocycles. The van der Waals surface area contributed by atoms with Gasteiger partial charge in [-0.15, -0.1) is 0 Å². The summed E-state index contributed by atoms with van der Waals surface area (Å²) in [6, 6.07) is 11.8. The Morgan fingerprint density at radius 2 is 1.86 bits per heavy atom. The standard InChI is InChI=1S/C21H23Cl2IN2O3/c1-3-10-25-21(28)14(2)26(12-15-4-5-16(22)11-19(15)23)20(27)13-29-18-8-6-17(24)7-9-18/h4-9,11,14H,3,10,12-13H2,1-2H3,(H,25,28)/t14-/m1/s1. The van der Waals surface area contributed by atoms with Gasteiger partial charge < -0.3 is 15.0 Å². The van der Waals surface area contributed by atoms with Crippen molar-refractivity contribution >= 4 is 57.6 Å². The SMILES string of the molecule is CCCNC(=O)[C@@H](C)N(Cc1ccc(Cl)cc1Cl)C(=O)COc1ccc(I)cc1. The molecule has 156 valence electrons. The van der Waals surface area contributed by atoms with Crippen LogP contribution in [0.4, 0.5) is 0 Å². The lowest BCUT2D eigenvalue weighted by atomic mass is 10.1. The maximum Gasteiger partial charge on any atom is 0.261 e. The van der Waals surface area contributed by atoms with E-state index in [4.69, 9.17) is 27.9 Å². The van der Waals surface area contributed by atoms with E-state index in [1.54, 1.807) is 37.3 Å².